The van der Waals surface area contributed by atoms with Crippen molar-refractivity contribution in [2.45, 2.75) is 38.5 Å². The van der Waals surface area contributed by atoms with Gasteiger partial charge >= 0.3 is 0 Å². The van der Waals surface area contributed by atoms with Crippen molar-refractivity contribution in [1.82, 2.24) is 19.9 Å². The van der Waals surface area contributed by atoms with E-state index in [1.165, 1.54) is 12.1 Å². The van der Waals surface area contributed by atoms with Crippen molar-refractivity contribution in [2.24, 2.45) is 5.73 Å². The molecule has 1 saturated heterocycles. The number of hydrogen-bond donors (Lipinski definition) is 4. The Labute approximate surface area is 249 Å². The van der Waals surface area contributed by atoms with Crippen LogP contribution in [0.1, 0.15) is 49.0 Å². The van der Waals surface area contributed by atoms with Crippen LogP contribution >= 0.6 is 0 Å². The van der Waals surface area contributed by atoms with Crippen molar-refractivity contribution in [2.75, 3.05) is 48.8 Å². The third-order valence-electron chi connectivity index (χ3n) is 8.34. The molecule has 1 fully saturated rings. The molecule has 12 heteroatoms. The molecule has 0 atom stereocenters. The Hall–Kier alpha value is -4.71. The Kier molecular flexibility index (Phi) is 7.38. The van der Waals surface area contributed by atoms with Crippen molar-refractivity contribution in [3.8, 4) is 17.1 Å². The lowest BCUT2D eigenvalue weighted by Gasteiger charge is -2.40. The van der Waals surface area contributed by atoms with E-state index in [4.69, 9.17) is 15.5 Å². The first-order chi connectivity index (χ1) is 20.6. The molecule has 0 unspecified atom stereocenters. The van der Waals surface area contributed by atoms with Crippen LogP contribution in [0.5, 0.6) is 5.75 Å². The zero-order chi connectivity index (χ0) is 30.3. The number of hydrogen-bond acceptors (Lipinski definition) is 8. The highest BCUT2D eigenvalue weighted by Gasteiger charge is 2.36. The fourth-order valence-corrected chi connectivity index (χ4v) is 5.95. The lowest BCUT2D eigenvalue weighted by atomic mass is 9.77. The number of halogens is 1. The number of methoxy groups -OCH3 is 1. The SMILES string of the molecule is COc1cc2c(cc1Nc1nc(Nc3cccc(F)c3C(N)=O)c3ccnc-3[nH]1)N(C(=O)CN1CCCC1)CCC2(C)C. The molecule has 0 aliphatic carbocycles. The Balaban J connectivity index is 1.38. The number of likely N-dealkylation sites (tertiary alicyclic amines) is 1. The summed E-state index contributed by atoms with van der Waals surface area (Å²) in [6, 6.07) is 9.87. The van der Waals surface area contributed by atoms with Gasteiger partial charge in [0.2, 0.25) is 11.9 Å². The number of carbonyl (C=O) groups excluding carboxylic acids is 2. The monoisotopic (exact) mass is 586 g/mol. The molecule has 4 aliphatic rings. The van der Waals surface area contributed by atoms with Crippen LogP contribution in [-0.2, 0) is 10.2 Å². The fourth-order valence-electron chi connectivity index (χ4n) is 5.95. The number of nitrogens with zero attached hydrogens (tertiary/aromatic N) is 4. The summed E-state index contributed by atoms with van der Waals surface area (Å²) in [5.41, 5.74) is 8.32. The van der Waals surface area contributed by atoms with E-state index in [9.17, 15) is 14.0 Å². The summed E-state index contributed by atoms with van der Waals surface area (Å²) in [6.45, 7) is 7.26. The van der Waals surface area contributed by atoms with Gasteiger partial charge in [-0.05, 0) is 73.7 Å². The van der Waals surface area contributed by atoms with Crippen LogP contribution < -0.4 is 26.0 Å². The van der Waals surface area contributed by atoms with Crippen LogP contribution in [0.4, 0.5) is 33.2 Å². The summed E-state index contributed by atoms with van der Waals surface area (Å²) >= 11 is 0. The van der Waals surface area contributed by atoms with Crippen LogP contribution in [-0.4, -0.2) is 65.0 Å². The number of benzene rings is 2. The number of nitrogens with one attached hydrogen (secondary N) is 3. The van der Waals surface area contributed by atoms with Crippen molar-refractivity contribution < 1.29 is 18.7 Å². The topological polar surface area (TPSA) is 142 Å². The van der Waals surface area contributed by atoms with Gasteiger partial charge in [-0.15, -0.1) is 0 Å². The molecule has 0 aromatic heterocycles. The van der Waals surface area contributed by atoms with Crippen molar-refractivity contribution in [1.29, 1.82) is 0 Å². The second-order valence-corrected chi connectivity index (χ2v) is 11.6. The van der Waals surface area contributed by atoms with Gasteiger partial charge in [0.15, 0.2) is 0 Å². The molecular formula is C31H35FN8O3. The number of H-pyrrole nitrogens is 1. The molecule has 2 amide bonds. The van der Waals surface area contributed by atoms with Gasteiger partial charge in [0.1, 0.15) is 23.2 Å². The normalized spacial score (nSPS) is 16.2. The van der Waals surface area contributed by atoms with E-state index in [2.05, 4.69) is 39.3 Å². The van der Waals surface area contributed by atoms with Gasteiger partial charge in [0, 0.05) is 18.4 Å². The maximum absolute atomic E-state index is 14.5. The summed E-state index contributed by atoms with van der Waals surface area (Å²) in [5.74, 6) is 0.189. The third kappa shape index (κ3) is 5.45. The van der Waals surface area contributed by atoms with Gasteiger partial charge in [-0.1, -0.05) is 19.9 Å². The summed E-state index contributed by atoms with van der Waals surface area (Å²) in [4.78, 5) is 41.9. The summed E-state index contributed by atoms with van der Waals surface area (Å²) in [7, 11) is 1.60. The third-order valence-corrected chi connectivity index (χ3v) is 8.34. The average Bonchev–Trinajstić information content (AvgIpc) is 3.65. The molecule has 6 rings (SSSR count). The zero-order valence-corrected chi connectivity index (χ0v) is 24.5. The molecule has 4 heterocycles. The first-order valence-electron chi connectivity index (χ1n) is 14.4. The largest absolute Gasteiger partial charge is 0.495 e. The minimum atomic E-state index is -0.899. The smallest absolute Gasteiger partial charge is 0.253 e. The highest BCUT2D eigenvalue weighted by Crippen LogP contribution is 2.45. The number of nitrogens with two attached hydrogens (primary N) is 1. The van der Waals surface area contributed by atoms with Crippen LogP contribution in [0.25, 0.3) is 11.4 Å². The van der Waals surface area contributed by atoms with E-state index in [1.54, 1.807) is 25.4 Å². The first kappa shape index (κ1) is 28.4. The number of carbonyl (C=O) groups is 2. The number of ether oxygens (including phenoxy) is 1. The maximum Gasteiger partial charge on any atom is 0.253 e. The summed E-state index contributed by atoms with van der Waals surface area (Å²) in [6.07, 6.45) is 4.69. The van der Waals surface area contributed by atoms with Crippen molar-refractivity contribution >= 4 is 40.6 Å². The second kappa shape index (κ2) is 11.2. The molecule has 0 bridgehead atoms. The summed E-state index contributed by atoms with van der Waals surface area (Å²) < 4.78 is 20.3. The zero-order valence-electron chi connectivity index (χ0n) is 24.5. The number of anilines is 5. The van der Waals surface area contributed by atoms with Gasteiger partial charge in [0.25, 0.3) is 5.91 Å². The minimum Gasteiger partial charge on any atom is -0.495 e. The van der Waals surface area contributed by atoms with E-state index in [-0.39, 0.29) is 22.6 Å². The number of primary amides is 1. The predicted molar refractivity (Wildman–Crippen MR) is 163 cm³/mol. The minimum absolute atomic E-state index is 0.0775. The van der Waals surface area contributed by atoms with Gasteiger partial charge < -0.3 is 31.0 Å². The Bertz CT molecular complexity index is 1660. The van der Waals surface area contributed by atoms with Crippen LogP contribution in [0.15, 0.2) is 42.6 Å². The maximum atomic E-state index is 14.5. The standard InChI is InChI=1S/C31H35FN8O3/c1-31(2)10-14-40(25(41)17-39-12-4-5-13-39)23-16-22(24(43-3)15-19(23)31)36-30-37-28-18(9-11-34-28)29(38-30)35-21-8-6-7-20(32)26(21)27(33)42/h6-9,11,15-16H,4-5,10,12-14,17H2,1-3H3,(H2,33,42)(H3,34,35,36,37,38). The second-order valence-electron chi connectivity index (χ2n) is 11.6. The van der Waals surface area contributed by atoms with Gasteiger partial charge in [-0.25, -0.2) is 9.37 Å². The van der Waals surface area contributed by atoms with E-state index in [1.807, 2.05) is 17.0 Å². The molecule has 224 valence electrons. The lowest BCUT2D eigenvalue weighted by Crippen LogP contribution is -2.45. The highest BCUT2D eigenvalue weighted by atomic mass is 19.1. The summed E-state index contributed by atoms with van der Waals surface area (Å²) in [5, 5.41) is 6.36. The molecule has 0 spiro atoms. The highest BCUT2D eigenvalue weighted by molar-refractivity contribution is 6.00. The molecule has 5 N–H and O–H groups in total. The van der Waals surface area contributed by atoms with E-state index in [0.29, 0.717) is 47.7 Å². The number of aromatic amines is 1. The van der Waals surface area contributed by atoms with E-state index >= 15 is 0 Å². The van der Waals surface area contributed by atoms with Crippen LogP contribution in [0.2, 0.25) is 0 Å². The molecule has 43 heavy (non-hydrogen) atoms. The molecule has 2 aromatic rings. The predicted octanol–water partition coefficient (Wildman–Crippen LogP) is 4.75. The van der Waals surface area contributed by atoms with E-state index in [0.717, 1.165) is 43.6 Å². The fraction of sp³-hybridized carbons (Fsp3) is 0.355. The molecule has 2 aromatic carbocycles. The number of aromatic nitrogens is 3. The molecule has 0 radical (unpaired) electrons. The van der Waals surface area contributed by atoms with Crippen molar-refractivity contribution in [3.05, 3.63) is 59.5 Å². The molecule has 0 saturated carbocycles. The number of amides is 2. The molecular weight excluding hydrogens is 551 g/mol. The molecule has 11 nitrogen and oxygen atoms in total. The van der Waals surface area contributed by atoms with Crippen LogP contribution in [0, 0.1) is 5.82 Å². The van der Waals surface area contributed by atoms with Crippen LogP contribution in [0.3, 0.4) is 0 Å². The number of fused-ring (bicyclic) bond motifs is 2. The van der Waals surface area contributed by atoms with Crippen molar-refractivity contribution in [3.63, 3.8) is 0 Å². The van der Waals surface area contributed by atoms with E-state index < -0.39 is 11.7 Å². The van der Waals surface area contributed by atoms with Gasteiger partial charge in [-0.3, -0.25) is 14.5 Å². The number of rotatable bonds is 8. The van der Waals surface area contributed by atoms with Gasteiger partial charge in [-0.2, -0.15) is 4.98 Å². The quantitative estimate of drug-likeness (QED) is 0.232. The Morgan fingerprint density at radius 2 is 1.91 bits per heavy atom. The lowest BCUT2D eigenvalue weighted by molar-refractivity contribution is -0.119. The Morgan fingerprint density at radius 3 is 2.65 bits per heavy atom. The average molecular weight is 587 g/mol. The Morgan fingerprint density at radius 1 is 1.12 bits per heavy atom. The molecule has 4 aliphatic heterocycles. The first-order valence-corrected chi connectivity index (χ1v) is 14.4. The van der Waals surface area contributed by atoms with Gasteiger partial charge in [0.05, 0.1) is 36.2 Å².